The first-order valence-electron chi connectivity index (χ1n) is 9.74. The van der Waals surface area contributed by atoms with Gasteiger partial charge in [0.25, 0.3) is 0 Å². The number of rotatable bonds is 5. The molecule has 1 amide bonds. The van der Waals surface area contributed by atoms with Crippen LogP contribution in [0.25, 0.3) is 0 Å². The van der Waals surface area contributed by atoms with Gasteiger partial charge in [-0.1, -0.05) is 23.8 Å². The topological polar surface area (TPSA) is 40.6 Å². The molecule has 2 aromatic rings. The van der Waals surface area contributed by atoms with E-state index in [9.17, 15) is 14.0 Å². The van der Waals surface area contributed by atoms with Crippen LogP contribution in [0.15, 0.2) is 36.4 Å². The second-order valence-corrected chi connectivity index (χ2v) is 7.52. The molecule has 28 heavy (non-hydrogen) atoms. The molecule has 0 radical (unpaired) electrons. The predicted molar refractivity (Wildman–Crippen MR) is 109 cm³/mol. The predicted octanol–water partition coefficient (Wildman–Crippen LogP) is 3.93. The Bertz CT molecular complexity index is 886. The van der Waals surface area contributed by atoms with E-state index in [2.05, 4.69) is 32.0 Å². The maximum atomic E-state index is 14.4. The molecule has 2 aromatic carbocycles. The molecule has 0 unspecified atom stereocenters. The maximum Gasteiger partial charge on any atom is 0.223 e. The number of ketones is 1. The van der Waals surface area contributed by atoms with Crippen molar-refractivity contribution in [2.75, 3.05) is 31.1 Å². The molecule has 1 aliphatic heterocycles. The van der Waals surface area contributed by atoms with Crippen LogP contribution in [-0.4, -0.2) is 42.8 Å². The largest absolute Gasteiger partial charge is 0.366 e. The Labute approximate surface area is 166 Å². The van der Waals surface area contributed by atoms with Crippen molar-refractivity contribution >= 4 is 17.4 Å². The lowest BCUT2D eigenvalue weighted by molar-refractivity contribution is -0.131. The number of Topliss-reactive ketones (excluding diaryl/α,β-unsaturated/α-hetero) is 1. The number of nitrogens with zero attached hydrogens (tertiary/aromatic N) is 2. The summed E-state index contributed by atoms with van der Waals surface area (Å²) in [5, 5.41) is 0. The van der Waals surface area contributed by atoms with E-state index in [-0.39, 0.29) is 17.5 Å². The molecule has 1 heterocycles. The molecular formula is C23H27FN2O2. The molecule has 0 spiro atoms. The van der Waals surface area contributed by atoms with Crippen LogP contribution in [0.1, 0.15) is 40.4 Å². The van der Waals surface area contributed by atoms with Gasteiger partial charge < -0.3 is 9.80 Å². The molecule has 5 heteroatoms. The van der Waals surface area contributed by atoms with Crippen molar-refractivity contribution in [1.82, 2.24) is 4.90 Å². The van der Waals surface area contributed by atoms with E-state index in [1.54, 1.807) is 12.1 Å². The highest BCUT2D eigenvalue weighted by Gasteiger charge is 2.23. The normalized spacial score (nSPS) is 14.3. The summed E-state index contributed by atoms with van der Waals surface area (Å²) < 4.78 is 14.4. The first-order chi connectivity index (χ1) is 13.3. The van der Waals surface area contributed by atoms with Crippen molar-refractivity contribution in [2.45, 2.75) is 33.6 Å². The highest BCUT2D eigenvalue weighted by molar-refractivity contribution is 5.94. The number of benzene rings is 2. The van der Waals surface area contributed by atoms with Gasteiger partial charge in [-0.2, -0.15) is 0 Å². The molecule has 0 atom stereocenters. The zero-order valence-electron chi connectivity index (χ0n) is 16.8. The number of carbonyl (C=O) groups is 2. The molecule has 4 nitrogen and oxygen atoms in total. The van der Waals surface area contributed by atoms with Crippen molar-refractivity contribution in [3.05, 3.63) is 64.5 Å². The number of piperazine rings is 1. The summed E-state index contributed by atoms with van der Waals surface area (Å²) in [4.78, 5) is 27.8. The van der Waals surface area contributed by atoms with Gasteiger partial charge in [-0.3, -0.25) is 9.59 Å². The van der Waals surface area contributed by atoms with Crippen molar-refractivity contribution in [2.24, 2.45) is 0 Å². The minimum absolute atomic E-state index is 0.145. The van der Waals surface area contributed by atoms with Crippen LogP contribution in [0.2, 0.25) is 0 Å². The van der Waals surface area contributed by atoms with Gasteiger partial charge in [-0.25, -0.2) is 4.39 Å². The maximum absolute atomic E-state index is 14.4. The average molecular weight is 382 g/mol. The number of aryl methyl sites for hydroxylation is 3. The van der Waals surface area contributed by atoms with Crippen molar-refractivity contribution in [1.29, 1.82) is 0 Å². The van der Waals surface area contributed by atoms with E-state index in [0.717, 1.165) is 6.42 Å². The van der Waals surface area contributed by atoms with E-state index in [4.69, 9.17) is 0 Å². The van der Waals surface area contributed by atoms with Crippen LogP contribution in [0.5, 0.6) is 0 Å². The number of hydrogen-bond donors (Lipinski definition) is 0. The molecular weight excluding hydrogens is 355 g/mol. The number of anilines is 1. The van der Waals surface area contributed by atoms with E-state index < -0.39 is 0 Å². The standard InChI is InChI=1S/C23H27FN2O2/c1-16-4-5-19(17(2)14-16)7-9-23(28)26-12-10-25(11-13-26)22-8-6-20(18(3)27)15-21(22)24/h4-6,8,14-15H,7,9-13H2,1-3H3. The second-order valence-electron chi connectivity index (χ2n) is 7.52. The number of halogens is 1. The summed E-state index contributed by atoms with van der Waals surface area (Å²) in [5.74, 6) is -0.390. The SMILES string of the molecule is CC(=O)c1ccc(N2CCN(C(=O)CCc3ccc(C)cc3C)CC2)c(F)c1. The minimum atomic E-state index is -0.387. The second kappa shape index (κ2) is 8.55. The van der Waals surface area contributed by atoms with Gasteiger partial charge in [0.15, 0.2) is 5.78 Å². The van der Waals surface area contributed by atoms with Gasteiger partial charge in [0, 0.05) is 38.2 Å². The molecule has 0 bridgehead atoms. The van der Waals surface area contributed by atoms with E-state index in [1.807, 2.05) is 9.80 Å². The Hall–Kier alpha value is -2.69. The van der Waals surface area contributed by atoms with Crippen molar-refractivity contribution in [3.8, 4) is 0 Å². The minimum Gasteiger partial charge on any atom is -0.366 e. The Morgan fingerprint density at radius 2 is 1.71 bits per heavy atom. The first kappa shape index (κ1) is 20.1. The lowest BCUT2D eigenvalue weighted by atomic mass is 10.0. The summed E-state index contributed by atoms with van der Waals surface area (Å²) in [7, 11) is 0. The Morgan fingerprint density at radius 3 is 2.32 bits per heavy atom. The molecule has 1 saturated heterocycles. The molecule has 148 valence electrons. The lowest BCUT2D eigenvalue weighted by Gasteiger charge is -2.36. The van der Waals surface area contributed by atoms with Gasteiger partial charge in [0.05, 0.1) is 5.69 Å². The fraction of sp³-hybridized carbons (Fsp3) is 0.391. The summed E-state index contributed by atoms with van der Waals surface area (Å²) in [6, 6.07) is 10.9. The van der Waals surface area contributed by atoms with Crippen LogP contribution in [0.4, 0.5) is 10.1 Å². The molecule has 3 rings (SSSR count). The summed E-state index contributed by atoms with van der Waals surface area (Å²) in [5.41, 5.74) is 4.54. The third kappa shape index (κ3) is 4.58. The quantitative estimate of drug-likeness (QED) is 0.736. The van der Waals surface area contributed by atoms with Gasteiger partial charge in [0.1, 0.15) is 5.82 Å². The third-order valence-corrected chi connectivity index (χ3v) is 5.43. The first-order valence-corrected chi connectivity index (χ1v) is 9.74. The van der Waals surface area contributed by atoms with E-state index in [1.165, 1.54) is 29.7 Å². The number of hydrogen-bond acceptors (Lipinski definition) is 3. The summed E-state index contributed by atoms with van der Waals surface area (Å²) in [6.45, 7) is 7.92. The zero-order valence-corrected chi connectivity index (χ0v) is 16.8. The fourth-order valence-corrected chi connectivity index (χ4v) is 3.71. The third-order valence-electron chi connectivity index (χ3n) is 5.43. The average Bonchev–Trinajstić information content (AvgIpc) is 2.67. The molecule has 0 aliphatic carbocycles. The van der Waals surface area contributed by atoms with Gasteiger partial charge >= 0.3 is 0 Å². The summed E-state index contributed by atoms with van der Waals surface area (Å²) >= 11 is 0. The van der Waals surface area contributed by atoms with Crippen LogP contribution < -0.4 is 4.90 Å². The van der Waals surface area contributed by atoms with Crippen molar-refractivity contribution < 1.29 is 14.0 Å². The van der Waals surface area contributed by atoms with Crippen LogP contribution in [0, 0.1) is 19.7 Å². The zero-order chi connectivity index (χ0) is 20.3. The molecule has 0 saturated carbocycles. The highest BCUT2D eigenvalue weighted by atomic mass is 19.1. The van der Waals surface area contributed by atoms with Gasteiger partial charge in [-0.15, -0.1) is 0 Å². The highest BCUT2D eigenvalue weighted by Crippen LogP contribution is 2.23. The molecule has 0 N–H and O–H groups in total. The van der Waals surface area contributed by atoms with Gasteiger partial charge in [0.2, 0.25) is 5.91 Å². The van der Waals surface area contributed by atoms with Crippen LogP contribution in [0.3, 0.4) is 0 Å². The summed E-state index contributed by atoms with van der Waals surface area (Å²) in [6.07, 6.45) is 1.23. The van der Waals surface area contributed by atoms with E-state index >= 15 is 0 Å². The van der Waals surface area contributed by atoms with Crippen LogP contribution >= 0.6 is 0 Å². The Balaban J connectivity index is 1.54. The van der Waals surface area contributed by atoms with Crippen LogP contribution in [-0.2, 0) is 11.2 Å². The fourth-order valence-electron chi connectivity index (χ4n) is 3.71. The van der Waals surface area contributed by atoms with Crippen molar-refractivity contribution in [3.63, 3.8) is 0 Å². The number of carbonyl (C=O) groups excluding carboxylic acids is 2. The lowest BCUT2D eigenvalue weighted by Crippen LogP contribution is -2.49. The smallest absolute Gasteiger partial charge is 0.223 e. The Morgan fingerprint density at radius 1 is 1.00 bits per heavy atom. The molecule has 1 aliphatic rings. The molecule has 1 fully saturated rings. The van der Waals surface area contributed by atoms with Gasteiger partial charge in [-0.05, 0) is 56.5 Å². The monoisotopic (exact) mass is 382 g/mol. The Kier molecular flexibility index (Phi) is 6.12. The molecule has 0 aromatic heterocycles. The number of amides is 1. The van der Waals surface area contributed by atoms with E-state index in [0.29, 0.717) is 43.9 Å².